The van der Waals surface area contributed by atoms with Gasteiger partial charge in [0.2, 0.25) is 5.76 Å². The minimum Gasteiger partial charge on any atom is -0.467 e. The van der Waals surface area contributed by atoms with Crippen LogP contribution in [0.5, 0.6) is 0 Å². The monoisotopic (exact) mass is 326 g/mol. The zero-order valence-electron chi connectivity index (χ0n) is 12.8. The number of hydrogen-bond acceptors (Lipinski definition) is 4. The number of hydrogen-bond donors (Lipinski definition) is 0. The third kappa shape index (κ3) is 2.60. The van der Waals surface area contributed by atoms with Gasteiger partial charge in [0.1, 0.15) is 17.3 Å². The van der Waals surface area contributed by atoms with Crippen molar-refractivity contribution in [1.82, 2.24) is 10.1 Å². The maximum atomic E-state index is 13.0. The van der Waals surface area contributed by atoms with E-state index in [-0.39, 0.29) is 23.5 Å². The summed E-state index contributed by atoms with van der Waals surface area (Å²) in [6, 6.07) is 11.1. The first-order chi connectivity index (χ1) is 11.7. The first kappa shape index (κ1) is 14.7. The molecule has 6 heteroatoms. The van der Waals surface area contributed by atoms with Gasteiger partial charge in [0.25, 0.3) is 5.91 Å². The number of benzene rings is 1. The van der Waals surface area contributed by atoms with Crippen LogP contribution in [0.2, 0.25) is 0 Å². The van der Waals surface area contributed by atoms with Gasteiger partial charge in [0.05, 0.1) is 12.3 Å². The second kappa shape index (κ2) is 5.96. The number of rotatable bonds is 3. The zero-order valence-corrected chi connectivity index (χ0v) is 12.8. The van der Waals surface area contributed by atoms with Crippen LogP contribution in [0.3, 0.4) is 0 Å². The number of aromatic nitrogens is 1. The summed E-state index contributed by atoms with van der Waals surface area (Å²) in [7, 11) is 0. The van der Waals surface area contributed by atoms with E-state index in [1.807, 2.05) is 12.1 Å². The van der Waals surface area contributed by atoms with E-state index in [0.717, 1.165) is 18.6 Å². The van der Waals surface area contributed by atoms with Crippen LogP contribution in [-0.2, 0) is 0 Å². The maximum Gasteiger partial charge on any atom is 0.293 e. The second-order valence-corrected chi connectivity index (χ2v) is 5.76. The average Bonchev–Trinajstić information content (AvgIpc) is 3.34. The summed E-state index contributed by atoms with van der Waals surface area (Å²) in [6.45, 7) is 0.650. The molecule has 3 heterocycles. The highest BCUT2D eigenvalue weighted by atomic mass is 19.1. The molecule has 0 saturated carbocycles. The van der Waals surface area contributed by atoms with Crippen molar-refractivity contribution in [3.8, 4) is 11.3 Å². The van der Waals surface area contributed by atoms with Gasteiger partial charge in [-0.3, -0.25) is 4.79 Å². The molecule has 1 atom stereocenters. The minimum absolute atomic E-state index is 0.0770. The smallest absolute Gasteiger partial charge is 0.293 e. The molecule has 2 aromatic heterocycles. The Kier molecular flexibility index (Phi) is 3.65. The fraction of sp³-hybridized carbons (Fsp3) is 0.222. The maximum absolute atomic E-state index is 13.0. The number of amides is 1. The SMILES string of the molecule is O=C(c1cc(-c2ccc(F)cc2)no1)N1CCC[C@@H]1c1ccco1. The normalized spacial score (nSPS) is 17.4. The Balaban J connectivity index is 1.57. The van der Waals surface area contributed by atoms with Crippen molar-refractivity contribution in [2.24, 2.45) is 0 Å². The lowest BCUT2D eigenvalue weighted by molar-refractivity contribution is 0.0677. The highest BCUT2D eigenvalue weighted by Gasteiger charge is 2.34. The van der Waals surface area contributed by atoms with E-state index in [2.05, 4.69) is 5.16 Å². The van der Waals surface area contributed by atoms with Gasteiger partial charge in [-0.05, 0) is 49.2 Å². The molecule has 1 aromatic carbocycles. The Morgan fingerprint density at radius 3 is 2.83 bits per heavy atom. The molecular formula is C18H15FN2O3. The van der Waals surface area contributed by atoms with Crippen molar-refractivity contribution in [3.63, 3.8) is 0 Å². The van der Waals surface area contributed by atoms with Crippen molar-refractivity contribution in [1.29, 1.82) is 0 Å². The third-order valence-corrected chi connectivity index (χ3v) is 4.25. The first-order valence-corrected chi connectivity index (χ1v) is 7.79. The highest BCUT2D eigenvalue weighted by molar-refractivity contribution is 5.92. The van der Waals surface area contributed by atoms with Crippen LogP contribution in [0.4, 0.5) is 4.39 Å². The van der Waals surface area contributed by atoms with Crippen LogP contribution in [-0.4, -0.2) is 22.5 Å². The zero-order chi connectivity index (χ0) is 16.5. The largest absolute Gasteiger partial charge is 0.467 e. The van der Waals surface area contributed by atoms with E-state index in [0.29, 0.717) is 17.8 Å². The van der Waals surface area contributed by atoms with E-state index < -0.39 is 0 Å². The Morgan fingerprint density at radius 2 is 2.08 bits per heavy atom. The van der Waals surface area contributed by atoms with Crippen molar-refractivity contribution >= 4 is 5.91 Å². The molecule has 1 aliphatic rings. The van der Waals surface area contributed by atoms with Crippen molar-refractivity contribution in [3.05, 3.63) is 66.1 Å². The summed E-state index contributed by atoms with van der Waals surface area (Å²) in [6.07, 6.45) is 3.38. The molecule has 0 spiro atoms. The number of carbonyl (C=O) groups is 1. The van der Waals surface area contributed by atoms with Crippen molar-refractivity contribution in [2.45, 2.75) is 18.9 Å². The van der Waals surface area contributed by atoms with Gasteiger partial charge in [-0.2, -0.15) is 0 Å². The Bertz CT molecular complexity index is 840. The van der Waals surface area contributed by atoms with Gasteiger partial charge >= 0.3 is 0 Å². The molecule has 24 heavy (non-hydrogen) atoms. The van der Waals surface area contributed by atoms with E-state index in [1.54, 1.807) is 29.4 Å². The van der Waals surface area contributed by atoms with Crippen LogP contribution in [0, 0.1) is 5.82 Å². The van der Waals surface area contributed by atoms with Crippen LogP contribution < -0.4 is 0 Å². The molecule has 1 aliphatic heterocycles. The van der Waals surface area contributed by atoms with Crippen LogP contribution in [0.15, 0.2) is 57.7 Å². The molecule has 1 saturated heterocycles. The summed E-state index contributed by atoms with van der Waals surface area (Å²) >= 11 is 0. The number of furan rings is 1. The standard InChI is InChI=1S/C18H15FN2O3/c19-13-7-5-12(6-8-13)14-11-17(24-20-14)18(22)21-9-1-3-15(21)16-4-2-10-23-16/h2,4-8,10-11,15H,1,3,9H2/t15-/m1/s1. The minimum atomic E-state index is -0.322. The molecule has 1 fully saturated rings. The highest BCUT2D eigenvalue weighted by Crippen LogP contribution is 2.33. The van der Waals surface area contributed by atoms with Gasteiger partial charge < -0.3 is 13.8 Å². The summed E-state index contributed by atoms with van der Waals surface area (Å²) < 4.78 is 23.7. The van der Waals surface area contributed by atoms with Crippen LogP contribution >= 0.6 is 0 Å². The van der Waals surface area contributed by atoms with E-state index in [1.165, 1.54) is 12.1 Å². The average molecular weight is 326 g/mol. The Hall–Kier alpha value is -2.89. The summed E-state index contributed by atoms with van der Waals surface area (Å²) in [5, 5.41) is 3.93. The molecular weight excluding hydrogens is 311 g/mol. The predicted molar refractivity (Wildman–Crippen MR) is 83.6 cm³/mol. The fourth-order valence-electron chi connectivity index (χ4n) is 3.06. The number of nitrogens with zero attached hydrogens (tertiary/aromatic N) is 2. The lowest BCUT2D eigenvalue weighted by atomic mass is 10.1. The number of likely N-dealkylation sites (tertiary alicyclic amines) is 1. The lowest BCUT2D eigenvalue weighted by Gasteiger charge is -2.21. The molecule has 5 nitrogen and oxygen atoms in total. The van der Waals surface area contributed by atoms with E-state index >= 15 is 0 Å². The molecule has 1 amide bonds. The van der Waals surface area contributed by atoms with Crippen molar-refractivity contribution < 1.29 is 18.1 Å². The van der Waals surface area contributed by atoms with Gasteiger partial charge in [-0.25, -0.2) is 4.39 Å². The topological polar surface area (TPSA) is 59.5 Å². The van der Waals surface area contributed by atoms with Gasteiger partial charge in [0.15, 0.2) is 0 Å². The summed E-state index contributed by atoms with van der Waals surface area (Å²) in [5.41, 5.74) is 1.20. The van der Waals surface area contributed by atoms with Gasteiger partial charge in [-0.1, -0.05) is 5.16 Å². The lowest BCUT2D eigenvalue weighted by Crippen LogP contribution is -2.30. The number of carbonyl (C=O) groups excluding carboxylic acids is 1. The molecule has 3 aromatic rings. The van der Waals surface area contributed by atoms with Gasteiger partial charge in [-0.15, -0.1) is 0 Å². The third-order valence-electron chi connectivity index (χ3n) is 4.25. The summed E-state index contributed by atoms with van der Waals surface area (Å²) in [4.78, 5) is 14.5. The fourth-order valence-corrected chi connectivity index (χ4v) is 3.06. The predicted octanol–water partition coefficient (Wildman–Crippen LogP) is 4.05. The molecule has 0 unspecified atom stereocenters. The van der Waals surface area contributed by atoms with E-state index in [9.17, 15) is 9.18 Å². The second-order valence-electron chi connectivity index (χ2n) is 5.76. The Morgan fingerprint density at radius 1 is 1.25 bits per heavy atom. The molecule has 0 bridgehead atoms. The van der Waals surface area contributed by atoms with Crippen LogP contribution in [0.1, 0.15) is 35.2 Å². The first-order valence-electron chi connectivity index (χ1n) is 7.79. The molecule has 0 N–H and O–H groups in total. The van der Waals surface area contributed by atoms with Gasteiger partial charge in [0, 0.05) is 18.2 Å². The quantitative estimate of drug-likeness (QED) is 0.728. The summed E-state index contributed by atoms with van der Waals surface area (Å²) in [5.74, 6) is 0.415. The molecule has 122 valence electrons. The van der Waals surface area contributed by atoms with E-state index in [4.69, 9.17) is 8.94 Å². The Labute approximate surface area is 137 Å². The van der Waals surface area contributed by atoms with Crippen molar-refractivity contribution in [2.75, 3.05) is 6.54 Å². The van der Waals surface area contributed by atoms with Crippen LogP contribution in [0.25, 0.3) is 11.3 Å². The molecule has 0 aliphatic carbocycles. The number of halogens is 1. The molecule has 0 radical (unpaired) electrons. The molecule has 4 rings (SSSR count).